The molecule has 6 nitrogen and oxygen atoms in total. The highest BCUT2D eigenvalue weighted by Gasteiger charge is 2.58. The van der Waals surface area contributed by atoms with E-state index >= 15 is 0 Å². The van der Waals surface area contributed by atoms with Crippen LogP contribution >= 0.6 is 23.2 Å². The molecule has 1 fully saturated rings. The van der Waals surface area contributed by atoms with Crippen molar-refractivity contribution in [2.24, 2.45) is 4.99 Å². The lowest BCUT2D eigenvalue weighted by Gasteiger charge is -2.31. The van der Waals surface area contributed by atoms with Crippen molar-refractivity contribution < 1.29 is 27.6 Å². The Morgan fingerprint density at radius 2 is 1.91 bits per heavy atom. The minimum absolute atomic E-state index is 0.0411. The number of hydroxylamine groups is 2. The van der Waals surface area contributed by atoms with E-state index in [2.05, 4.69) is 10.3 Å². The number of nitrogens with zero attached hydrogens (tertiary/aromatic N) is 2. The van der Waals surface area contributed by atoms with E-state index in [0.717, 1.165) is 0 Å². The zero-order chi connectivity index (χ0) is 25.5. The van der Waals surface area contributed by atoms with Crippen LogP contribution in [0.3, 0.4) is 0 Å². The Bertz CT molecular complexity index is 1200. The monoisotopic (exact) mass is 527 g/mol. The standard InChI is InChI=1S/C24H22Cl2F3N3O3/c1-3-32-22(34)20(11-35-32)31-21(33)18-5-4-14(6-13(18)2)19-10-23(12-30-19,24(27,28)29)15-7-16(25)9-17(26)8-15/h4-9,20H,3,10-12H2,1-2H3,(H,31,33). The molecular weight excluding hydrogens is 506 g/mol. The first-order valence-electron chi connectivity index (χ1n) is 10.9. The summed E-state index contributed by atoms with van der Waals surface area (Å²) in [7, 11) is 0. The number of halogens is 5. The average Bonchev–Trinajstić information content (AvgIpc) is 3.38. The van der Waals surface area contributed by atoms with Crippen molar-refractivity contribution in [3.8, 4) is 0 Å². The molecule has 2 aromatic rings. The molecular formula is C24H22Cl2F3N3O3. The van der Waals surface area contributed by atoms with Crippen LogP contribution in [-0.2, 0) is 15.0 Å². The summed E-state index contributed by atoms with van der Waals surface area (Å²) >= 11 is 12.0. The topological polar surface area (TPSA) is 71.0 Å². The van der Waals surface area contributed by atoms with Crippen LogP contribution < -0.4 is 5.32 Å². The summed E-state index contributed by atoms with van der Waals surface area (Å²) in [5.74, 6) is -0.805. The van der Waals surface area contributed by atoms with Gasteiger partial charge in [-0.05, 0) is 60.9 Å². The third kappa shape index (κ3) is 4.77. The minimum Gasteiger partial charge on any atom is -0.338 e. The minimum atomic E-state index is -4.59. The van der Waals surface area contributed by atoms with Crippen LogP contribution in [0.15, 0.2) is 41.4 Å². The van der Waals surface area contributed by atoms with Gasteiger partial charge in [0.15, 0.2) is 0 Å². The summed E-state index contributed by atoms with van der Waals surface area (Å²) in [6.45, 7) is 3.33. The molecule has 0 saturated carbocycles. The van der Waals surface area contributed by atoms with Gasteiger partial charge in [0.2, 0.25) is 0 Å². The Morgan fingerprint density at radius 3 is 2.49 bits per heavy atom. The number of carbonyl (C=O) groups excluding carboxylic acids is 2. The van der Waals surface area contributed by atoms with Crippen LogP contribution in [0.25, 0.3) is 0 Å². The Kier molecular flexibility index (Phi) is 6.87. The molecule has 0 spiro atoms. The maximum absolute atomic E-state index is 14.3. The van der Waals surface area contributed by atoms with Gasteiger partial charge in [-0.2, -0.15) is 13.2 Å². The Labute approximate surface area is 210 Å². The third-order valence-corrected chi connectivity index (χ3v) is 6.74. The molecule has 2 atom stereocenters. The predicted molar refractivity (Wildman–Crippen MR) is 126 cm³/mol. The normalized spacial score (nSPS) is 22.5. The fourth-order valence-electron chi connectivity index (χ4n) is 4.36. The quantitative estimate of drug-likeness (QED) is 0.601. The highest BCUT2D eigenvalue weighted by atomic mass is 35.5. The summed E-state index contributed by atoms with van der Waals surface area (Å²) in [4.78, 5) is 34.4. The van der Waals surface area contributed by atoms with Gasteiger partial charge in [0.05, 0.1) is 6.54 Å². The van der Waals surface area contributed by atoms with Crippen molar-refractivity contribution in [2.75, 3.05) is 19.7 Å². The van der Waals surface area contributed by atoms with Crippen LogP contribution in [0, 0.1) is 6.92 Å². The van der Waals surface area contributed by atoms with E-state index in [4.69, 9.17) is 28.0 Å². The number of nitrogens with one attached hydrogen (secondary N) is 1. The molecule has 0 radical (unpaired) electrons. The zero-order valence-electron chi connectivity index (χ0n) is 18.9. The lowest BCUT2D eigenvalue weighted by atomic mass is 9.76. The maximum Gasteiger partial charge on any atom is 0.400 e. The van der Waals surface area contributed by atoms with Crippen molar-refractivity contribution in [2.45, 2.75) is 37.9 Å². The van der Waals surface area contributed by atoms with Crippen molar-refractivity contribution in [3.05, 3.63) is 68.7 Å². The van der Waals surface area contributed by atoms with Gasteiger partial charge < -0.3 is 5.32 Å². The molecule has 186 valence electrons. The summed E-state index contributed by atoms with van der Waals surface area (Å²) in [5.41, 5.74) is -0.703. The first-order chi connectivity index (χ1) is 16.4. The number of rotatable bonds is 5. The van der Waals surface area contributed by atoms with Crippen molar-refractivity contribution in [1.29, 1.82) is 0 Å². The molecule has 35 heavy (non-hydrogen) atoms. The average molecular weight is 528 g/mol. The van der Waals surface area contributed by atoms with Gasteiger partial charge >= 0.3 is 6.18 Å². The van der Waals surface area contributed by atoms with E-state index < -0.39 is 30.1 Å². The van der Waals surface area contributed by atoms with E-state index in [0.29, 0.717) is 23.2 Å². The van der Waals surface area contributed by atoms with Gasteiger partial charge in [-0.1, -0.05) is 29.3 Å². The van der Waals surface area contributed by atoms with Gasteiger partial charge in [-0.25, -0.2) is 5.06 Å². The van der Waals surface area contributed by atoms with Crippen LogP contribution in [0.4, 0.5) is 13.2 Å². The lowest BCUT2D eigenvalue weighted by molar-refractivity contribution is -0.183. The number of amides is 2. The van der Waals surface area contributed by atoms with E-state index in [-0.39, 0.29) is 40.3 Å². The molecule has 1 saturated heterocycles. The fourth-order valence-corrected chi connectivity index (χ4v) is 4.88. The Balaban J connectivity index is 1.56. The summed E-state index contributed by atoms with van der Waals surface area (Å²) < 4.78 is 43.0. The van der Waals surface area contributed by atoms with E-state index in [1.807, 2.05) is 0 Å². The number of likely N-dealkylation sites (N-methyl/N-ethyl adjacent to an activating group) is 1. The SMILES string of the molecule is CCN1OCC(NC(=O)c2ccc(C3=NCC(c4cc(Cl)cc(Cl)c4)(C(F)(F)F)C3)cc2C)C1=O. The molecule has 2 amide bonds. The van der Waals surface area contributed by atoms with Crippen LogP contribution in [0.1, 0.15) is 40.4 Å². The van der Waals surface area contributed by atoms with Crippen LogP contribution in [0.2, 0.25) is 10.0 Å². The molecule has 0 bridgehead atoms. The second-order valence-corrected chi connectivity index (χ2v) is 9.44. The highest BCUT2D eigenvalue weighted by Crippen LogP contribution is 2.48. The number of carbonyl (C=O) groups is 2. The number of alkyl halides is 3. The molecule has 0 aromatic heterocycles. The Morgan fingerprint density at radius 1 is 1.23 bits per heavy atom. The summed E-state index contributed by atoms with van der Waals surface area (Å²) in [6.07, 6.45) is -4.98. The number of hydrogen-bond acceptors (Lipinski definition) is 4. The predicted octanol–water partition coefficient (Wildman–Crippen LogP) is 4.89. The molecule has 2 unspecified atom stereocenters. The molecule has 1 N–H and O–H groups in total. The van der Waals surface area contributed by atoms with Crippen molar-refractivity contribution in [1.82, 2.24) is 10.4 Å². The van der Waals surface area contributed by atoms with Gasteiger partial charge in [0.1, 0.15) is 18.1 Å². The Hall–Kier alpha value is -2.62. The van der Waals surface area contributed by atoms with Crippen LogP contribution in [-0.4, -0.2) is 54.5 Å². The lowest BCUT2D eigenvalue weighted by Crippen LogP contribution is -2.43. The molecule has 2 heterocycles. The highest BCUT2D eigenvalue weighted by molar-refractivity contribution is 6.34. The first-order valence-corrected chi connectivity index (χ1v) is 11.6. The molecule has 4 rings (SSSR count). The van der Waals surface area contributed by atoms with E-state index in [1.54, 1.807) is 26.0 Å². The number of benzene rings is 2. The third-order valence-electron chi connectivity index (χ3n) is 6.30. The second-order valence-electron chi connectivity index (χ2n) is 8.56. The molecule has 2 aromatic carbocycles. The van der Waals surface area contributed by atoms with E-state index in [1.165, 1.54) is 29.3 Å². The van der Waals surface area contributed by atoms with Crippen LogP contribution in [0.5, 0.6) is 0 Å². The number of aliphatic imine (C=N–C) groups is 1. The fraction of sp³-hybridized carbons (Fsp3) is 0.375. The molecule has 2 aliphatic heterocycles. The molecule has 2 aliphatic rings. The number of hydrogen-bond donors (Lipinski definition) is 1. The van der Waals surface area contributed by atoms with Gasteiger partial charge in [0, 0.05) is 34.3 Å². The molecule has 11 heteroatoms. The molecule has 0 aliphatic carbocycles. The summed E-state index contributed by atoms with van der Waals surface area (Å²) in [6, 6.07) is 7.82. The van der Waals surface area contributed by atoms with Crippen molar-refractivity contribution >= 4 is 40.7 Å². The number of aryl methyl sites for hydroxylation is 1. The zero-order valence-corrected chi connectivity index (χ0v) is 20.4. The maximum atomic E-state index is 14.3. The van der Waals surface area contributed by atoms with Gasteiger partial charge in [-0.15, -0.1) is 0 Å². The van der Waals surface area contributed by atoms with Gasteiger partial charge in [0.25, 0.3) is 11.8 Å². The largest absolute Gasteiger partial charge is 0.400 e. The van der Waals surface area contributed by atoms with Crippen molar-refractivity contribution in [3.63, 3.8) is 0 Å². The van der Waals surface area contributed by atoms with E-state index in [9.17, 15) is 22.8 Å². The van der Waals surface area contributed by atoms with Gasteiger partial charge in [-0.3, -0.25) is 19.4 Å². The summed E-state index contributed by atoms with van der Waals surface area (Å²) in [5, 5.41) is 4.05. The smallest absolute Gasteiger partial charge is 0.338 e. The first kappa shape index (κ1) is 25.5. The second kappa shape index (κ2) is 9.44.